The highest BCUT2D eigenvalue weighted by atomic mass is 35.5. The van der Waals surface area contributed by atoms with Gasteiger partial charge in [-0.2, -0.15) is 0 Å². The fourth-order valence-corrected chi connectivity index (χ4v) is 3.11. The molecule has 0 saturated carbocycles. The van der Waals surface area contributed by atoms with Gasteiger partial charge >= 0.3 is 0 Å². The van der Waals surface area contributed by atoms with Crippen LogP contribution in [0.5, 0.6) is 11.5 Å². The average molecular weight is 439 g/mol. The van der Waals surface area contributed by atoms with E-state index in [1.165, 1.54) is 7.11 Å². The zero-order valence-electron chi connectivity index (χ0n) is 17.5. The molecular formula is C24H23ClN2O4. The molecule has 0 unspecified atom stereocenters. The Balaban J connectivity index is 1.54. The largest absolute Gasteiger partial charge is 0.495 e. The number of amides is 2. The molecule has 0 aromatic heterocycles. The van der Waals surface area contributed by atoms with Crippen molar-refractivity contribution in [3.8, 4) is 11.5 Å². The van der Waals surface area contributed by atoms with Crippen LogP contribution in [-0.2, 0) is 4.79 Å². The number of halogens is 1. The van der Waals surface area contributed by atoms with Crippen molar-refractivity contribution in [2.24, 2.45) is 0 Å². The Morgan fingerprint density at radius 3 is 2.35 bits per heavy atom. The predicted octanol–water partition coefficient (Wildman–Crippen LogP) is 5.24. The van der Waals surface area contributed by atoms with E-state index >= 15 is 0 Å². The van der Waals surface area contributed by atoms with Crippen molar-refractivity contribution in [3.63, 3.8) is 0 Å². The van der Waals surface area contributed by atoms with Gasteiger partial charge in [-0.1, -0.05) is 23.7 Å². The summed E-state index contributed by atoms with van der Waals surface area (Å²) < 4.78 is 10.6. The first-order valence-electron chi connectivity index (χ1n) is 9.60. The second kappa shape index (κ2) is 10.00. The lowest BCUT2D eigenvalue weighted by Gasteiger charge is -2.11. The molecular weight excluding hydrogens is 416 g/mol. The lowest BCUT2D eigenvalue weighted by Crippen LogP contribution is -2.20. The maximum atomic E-state index is 12.4. The minimum atomic E-state index is -0.291. The van der Waals surface area contributed by atoms with E-state index in [-0.39, 0.29) is 18.4 Å². The van der Waals surface area contributed by atoms with Crippen molar-refractivity contribution in [3.05, 3.63) is 82.4 Å². The number of benzene rings is 3. The highest BCUT2D eigenvalue weighted by Crippen LogP contribution is 2.27. The van der Waals surface area contributed by atoms with Gasteiger partial charge in [0.05, 0.1) is 12.1 Å². The number of hydrogen-bond acceptors (Lipinski definition) is 4. The number of hydrogen-bond donors (Lipinski definition) is 2. The summed E-state index contributed by atoms with van der Waals surface area (Å²) in [6.07, 6.45) is 0. The zero-order valence-corrected chi connectivity index (χ0v) is 18.2. The van der Waals surface area contributed by atoms with Crippen molar-refractivity contribution in [2.45, 2.75) is 13.8 Å². The summed E-state index contributed by atoms with van der Waals surface area (Å²) >= 11 is 6.08. The van der Waals surface area contributed by atoms with E-state index in [0.29, 0.717) is 27.8 Å². The molecule has 0 spiro atoms. The maximum Gasteiger partial charge on any atom is 0.262 e. The fourth-order valence-electron chi connectivity index (χ4n) is 2.86. The highest BCUT2D eigenvalue weighted by Gasteiger charge is 2.10. The third-order valence-corrected chi connectivity index (χ3v) is 4.86. The minimum absolute atomic E-state index is 0.136. The van der Waals surface area contributed by atoms with Crippen molar-refractivity contribution < 1.29 is 19.1 Å². The number of aryl methyl sites for hydroxylation is 2. The molecule has 31 heavy (non-hydrogen) atoms. The van der Waals surface area contributed by atoms with Gasteiger partial charge in [0.15, 0.2) is 6.61 Å². The Labute approximate surface area is 186 Å². The van der Waals surface area contributed by atoms with Gasteiger partial charge in [0.25, 0.3) is 11.8 Å². The van der Waals surface area contributed by atoms with Crippen LogP contribution in [0.15, 0.2) is 60.7 Å². The average Bonchev–Trinajstić information content (AvgIpc) is 2.75. The Kier molecular flexibility index (Phi) is 7.15. The first kappa shape index (κ1) is 22.2. The van der Waals surface area contributed by atoms with Gasteiger partial charge in [-0.25, -0.2) is 0 Å². The number of anilines is 2. The maximum absolute atomic E-state index is 12.4. The van der Waals surface area contributed by atoms with Crippen LogP contribution in [0.3, 0.4) is 0 Å². The van der Waals surface area contributed by atoms with Crippen LogP contribution in [0.2, 0.25) is 5.02 Å². The number of carbonyl (C=O) groups is 2. The second-order valence-electron chi connectivity index (χ2n) is 6.98. The number of nitrogens with one attached hydrogen (secondary N) is 2. The van der Waals surface area contributed by atoms with Gasteiger partial charge in [-0.15, -0.1) is 0 Å². The number of carbonyl (C=O) groups excluding carboxylic acids is 2. The van der Waals surface area contributed by atoms with Crippen LogP contribution in [0, 0.1) is 13.8 Å². The van der Waals surface area contributed by atoms with Crippen molar-refractivity contribution in [2.75, 3.05) is 24.4 Å². The molecule has 0 atom stereocenters. The molecule has 2 amide bonds. The van der Waals surface area contributed by atoms with Crippen LogP contribution in [0.25, 0.3) is 0 Å². The molecule has 0 aliphatic carbocycles. The Morgan fingerprint density at radius 1 is 0.935 bits per heavy atom. The van der Waals surface area contributed by atoms with Gasteiger partial charge in [0, 0.05) is 16.9 Å². The van der Waals surface area contributed by atoms with Gasteiger partial charge < -0.3 is 20.1 Å². The third-order valence-electron chi connectivity index (χ3n) is 4.56. The van der Waals surface area contributed by atoms with E-state index in [0.717, 1.165) is 16.8 Å². The quantitative estimate of drug-likeness (QED) is 0.529. The topological polar surface area (TPSA) is 76.7 Å². The lowest BCUT2D eigenvalue weighted by molar-refractivity contribution is -0.118. The summed E-state index contributed by atoms with van der Waals surface area (Å²) in [5.74, 6) is 0.468. The zero-order chi connectivity index (χ0) is 22.4. The molecule has 6 nitrogen and oxygen atoms in total. The predicted molar refractivity (Wildman–Crippen MR) is 122 cm³/mol. The molecule has 0 fully saturated rings. The number of methoxy groups -OCH3 is 1. The van der Waals surface area contributed by atoms with Crippen LogP contribution >= 0.6 is 11.6 Å². The molecule has 0 heterocycles. The van der Waals surface area contributed by atoms with Crippen molar-refractivity contribution in [1.82, 2.24) is 0 Å². The Hall–Kier alpha value is -3.51. The molecule has 3 rings (SSSR count). The summed E-state index contributed by atoms with van der Waals surface area (Å²) in [5, 5.41) is 6.02. The van der Waals surface area contributed by atoms with E-state index in [9.17, 15) is 9.59 Å². The lowest BCUT2D eigenvalue weighted by atomic mass is 10.1. The SMILES string of the molecule is COc1ccc(NC(=O)c2ccc(OCC(=O)Nc3cc(C)ccc3C)cc2)cc1Cl. The molecule has 0 saturated heterocycles. The number of rotatable bonds is 7. The first-order chi connectivity index (χ1) is 14.9. The molecule has 3 aromatic carbocycles. The van der Waals surface area contributed by atoms with Crippen LogP contribution in [-0.4, -0.2) is 25.5 Å². The van der Waals surface area contributed by atoms with Gasteiger partial charge in [-0.05, 0) is 73.5 Å². The summed E-state index contributed by atoms with van der Waals surface area (Å²) in [7, 11) is 1.52. The highest BCUT2D eigenvalue weighted by molar-refractivity contribution is 6.32. The van der Waals surface area contributed by atoms with Gasteiger partial charge in [0.2, 0.25) is 0 Å². The summed E-state index contributed by atoms with van der Waals surface area (Å²) in [4.78, 5) is 24.6. The molecule has 0 bridgehead atoms. The van der Waals surface area contributed by atoms with Crippen molar-refractivity contribution >= 4 is 34.8 Å². The molecule has 160 valence electrons. The third kappa shape index (κ3) is 5.99. The smallest absolute Gasteiger partial charge is 0.262 e. The molecule has 0 radical (unpaired) electrons. The second-order valence-corrected chi connectivity index (χ2v) is 7.39. The molecule has 2 N–H and O–H groups in total. The fraction of sp³-hybridized carbons (Fsp3) is 0.167. The standard InChI is InChI=1S/C24H23ClN2O4/c1-15-4-5-16(2)21(12-15)27-23(28)14-31-19-9-6-17(7-10-19)24(29)26-18-8-11-22(30-3)20(25)13-18/h4-13H,14H2,1-3H3,(H,26,29)(H,27,28). The first-order valence-corrected chi connectivity index (χ1v) is 9.98. The number of ether oxygens (including phenoxy) is 2. The molecule has 3 aromatic rings. The summed E-state index contributed by atoms with van der Waals surface area (Å²) in [5.41, 5.74) is 3.80. The van der Waals surface area contributed by atoms with E-state index in [1.807, 2.05) is 32.0 Å². The van der Waals surface area contributed by atoms with Gasteiger partial charge in [-0.3, -0.25) is 9.59 Å². The summed E-state index contributed by atoms with van der Waals surface area (Å²) in [6.45, 7) is 3.76. The van der Waals surface area contributed by atoms with Crippen molar-refractivity contribution in [1.29, 1.82) is 0 Å². The Bertz CT molecular complexity index is 1100. The van der Waals surface area contributed by atoms with E-state index < -0.39 is 0 Å². The van der Waals surface area contributed by atoms with E-state index in [1.54, 1.807) is 42.5 Å². The molecule has 0 aliphatic rings. The summed E-state index contributed by atoms with van der Waals surface area (Å²) in [6, 6.07) is 17.4. The molecule has 0 aliphatic heterocycles. The Morgan fingerprint density at radius 2 is 1.68 bits per heavy atom. The van der Waals surface area contributed by atoms with E-state index in [4.69, 9.17) is 21.1 Å². The van der Waals surface area contributed by atoms with Crippen LogP contribution in [0.4, 0.5) is 11.4 Å². The normalized spacial score (nSPS) is 10.3. The van der Waals surface area contributed by atoms with Crippen LogP contribution < -0.4 is 20.1 Å². The van der Waals surface area contributed by atoms with Crippen LogP contribution in [0.1, 0.15) is 21.5 Å². The monoisotopic (exact) mass is 438 g/mol. The minimum Gasteiger partial charge on any atom is -0.495 e. The van der Waals surface area contributed by atoms with Gasteiger partial charge in [0.1, 0.15) is 11.5 Å². The molecule has 7 heteroatoms. The van der Waals surface area contributed by atoms with E-state index in [2.05, 4.69) is 10.6 Å².